The molecule has 0 radical (unpaired) electrons. The molecule has 3 rings (SSSR count). The zero-order valence-corrected chi connectivity index (χ0v) is 13.7. The van der Waals surface area contributed by atoms with Crippen LogP contribution in [0, 0.1) is 5.82 Å². The van der Waals surface area contributed by atoms with Crippen LogP contribution in [0.5, 0.6) is 0 Å². The van der Waals surface area contributed by atoms with Crippen molar-refractivity contribution in [2.75, 3.05) is 23.4 Å². The molecule has 1 saturated heterocycles. The third kappa shape index (κ3) is 4.00. The largest absolute Gasteiger partial charge is 0.396 e. The molecule has 0 spiro atoms. The Bertz CT molecular complexity index is 648. The number of anilines is 2. The van der Waals surface area contributed by atoms with E-state index < -0.39 is 0 Å². The van der Waals surface area contributed by atoms with Gasteiger partial charge in [0, 0.05) is 38.1 Å². The molecular weight excluding hydrogens is 307 g/mol. The first-order valence-electron chi connectivity index (χ1n) is 8.45. The second kappa shape index (κ2) is 8.06. The molecule has 0 aromatic carbocycles. The number of nitrogens with one attached hydrogen (secondary N) is 1. The molecular formula is C18H23FN4O. The van der Waals surface area contributed by atoms with Crippen molar-refractivity contribution in [1.82, 2.24) is 9.97 Å². The number of nitrogens with zero attached hydrogens (tertiary/aromatic N) is 3. The number of hydrogen-bond donors (Lipinski definition) is 2. The molecule has 0 unspecified atom stereocenters. The summed E-state index contributed by atoms with van der Waals surface area (Å²) in [7, 11) is 0. The van der Waals surface area contributed by atoms with E-state index in [9.17, 15) is 9.50 Å². The molecule has 5 nitrogen and oxygen atoms in total. The number of pyridine rings is 2. The molecule has 0 aliphatic carbocycles. The summed E-state index contributed by atoms with van der Waals surface area (Å²) < 4.78 is 13.5. The summed E-state index contributed by atoms with van der Waals surface area (Å²) in [4.78, 5) is 10.8. The lowest BCUT2D eigenvalue weighted by Crippen LogP contribution is -2.40. The standard InChI is InChI=1S/C18H23FN4O/c19-16-5-3-9-20-18(16)22-13-14-6-7-17(21-12-14)23-10-2-1-4-15(23)8-11-24/h3,5-7,9,12,15,24H,1-2,4,8,10-11,13H2,(H,20,22)/t15-/m0/s1. The van der Waals surface area contributed by atoms with Gasteiger partial charge in [0.05, 0.1) is 0 Å². The average molecular weight is 330 g/mol. The normalized spacial score (nSPS) is 17.8. The van der Waals surface area contributed by atoms with Gasteiger partial charge in [0.25, 0.3) is 0 Å². The highest BCUT2D eigenvalue weighted by Gasteiger charge is 2.22. The Hall–Kier alpha value is -2.21. The molecule has 1 atom stereocenters. The minimum absolute atomic E-state index is 0.207. The predicted octanol–water partition coefficient (Wildman–Crippen LogP) is 2.97. The van der Waals surface area contributed by atoms with E-state index >= 15 is 0 Å². The predicted molar refractivity (Wildman–Crippen MR) is 92.4 cm³/mol. The van der Waals surface area contributed by atoms with Gasteiger partial charge in [-0.2, -0.15) is 0 Å². The van der Waals surface area contributed by atoms with Gasteiger partial charge in [-0.15, -0.1) is 0 Å². The van der Waals surface area contributed by atoms with Gasteiger partial charge in [0.2, 0.25) is 0 Å². The monoisotopic (exact) mass is 330 g/mol. The lowest BCUT2D eigenvalue weighted by Gasteiger charge is -2.36. The van der Waals surface area contributed by atoms with Crippen LogP contribution in [0.2, 0.25) is 0 Å². The minimum atomic E-state index is -0.359. The topological polar surface area (TPSA) is 61.3 Å². The first-order valence-corrected chi connectivity index (χ1v) is 8.45. The third-order valence-electron chi connectivity index (χ3n) is 4.41. The molecule has 1 fully saturated rings. The second-order valence-corrected chi connectivity index (χ2v) is 6.07. The highest BCUT2D eigenvalue weighted by Crippen LogP contribution is 2.25. The first kappa shape index (κ1) is 16.6. The average Bonchev–Trinajstić information content (AvgIpc) is 2.62. The Kier molecular flexibility index (Phi) is 5.59. The molecule has 0 amide bonds. The van der Waals surface area contributed by atoms with E-state index in [1.54, 1.807) is 12.3 Å². The van der Waals surface area contributed by atoms with Gasteiger partial charge in [0.1, 0.15) is 5.82 Å². The Morgan fingerprint density at radius 2 is 2.17 bits per heavy atom. The van der Waals surface area contributed by atoms with Crippen molar-refractivity contribution in [3.63, 3.8) is 0 Å². The summed E-state index contributed by atoms with van der Waals surface area (Å²) in [6.07, 6.45) is 7.62. The smallest absolute Gasteiger partial charge is 0.165 e. The molecule has 1 aliphatic rings. The lowest BCUT2D eigenvalue weighted by molar-refractivity contribution is 0.262. The maximum atomic E-state index is 13.5. The molecule has 2 aromatic rings. The third-order valence-corrected chi connectivity index (χ3v) is 4.41. The van der Waals surface area contributed by atoms with Crippen LogP contribution in [0.3, 0.4) is 0 Å². The van der Waals surface area contributed by atoms with Crippen LogP contribution in [0.25, 0.3) is 0 Å². The number of piperidine rings is 1. The van der Waals surface area contributed by atoms with Crippen LogP contribution in [-0.4, -0.2) is 34.3 Å². The fourth-order valence-electron chi connectivity index (χ4n) is 3.14. The number of halogens is 1. The Balaban J connectivity index is 1.63. The van der Waals surface area contributed by atoms with Gasteiger partial charge in [-0.1, -0.05) is 6.07 Å². The van der Waals surface area contributed by atoms with Gasteiger partial charge < -0.3 is 15.3 Å². The molecule has 0 saturated carbocycles. The molecule has 2 N–H and O–H groups in total. The number of aliphatic hydroxyl groups is 1. The minimum Gasteiger partial charge on any atom is -0.396 e. The van der Waals surface area contributed by atoms with Crippen LogP contribution in [0.15, 0.2) is 36.7 Å². The SMILES string of the molecule is OCC[C@@H]1CCCCN1c1ccc(CNc2ncccc2F)cn1. The summed E-state index contributed by atoms with van der Waals surface area (Å²) in [5.74, 6) is 0.837. The van der Waals surface area contributed by atoms with Crippen molar-refractivity contribution in [2.45, 2.75) is 38.3 Å². The molecule has 24 heavy (non-hydrogen) atoms. The summed E-state index contributed by atoms with van der Waals surface area (Å²) in [5, 5.41) is 12.2. The molecule has 6 heteroatoms. The summed E-state index contributed by atoms with van der Waals surface area (Å²) in [6.45, 7) is 1.66. The Labute approximate surface area is 141 Å². The highest BCUT2D eigenvalue weighted by molar-refractivity contribution is 5.42. The van der Waals surface area contributed by atoms with Gasteiger partial charge in [-0.3, -0.25) is 0 Å². The van der Waals surface area contributed by atoms with Crippen LogP contribution in [-0.2, 0) is 6.54 Å². The Morgan fingerprint density at radius 1 is 1.25 bits per heavy atom. The number of aliphatic hydroxyl groups excluding tert-OH is 1. The van der Waals surface area contributed by atoms with Crippen molar-refractivity contribution in [3.8, 4) is 0 Å². The first-order chi connectivity index (χ1) is 11.8. The number of rotatable bonds is 6. The van der Waals surface area contributed by atoms with E-state index in [0.717, 1.165) is 37.2 Å². The van der Waals surface area contributed by atoms with Gasteiger partial charge in [-0.05, 0) is 49.4 Å². The van der Waals surface area contributed by atoms with E-state index in [1.165, 1.54) is 12.5 Å². The molecule has 2 aromatic heterocycles. The van der Waals surface area contributed by atoms with E-state index in [4.69, 9.17) is 0 Å². The van der Waals surface area contributed by atoms with Gasteiger partial charge in [0.15, 0.2) is 11.6 Å². The van der Waals surface area contributed by atoms with E-state index in [2.05, 4.69) is 20.2 Å². The van der Waals surface area contributed by atoms with Crippen molar-refractivity contribution in [2.24, 2.45) is 0 Å². The van der Waals surface area contributed by atoms with Crippen molar-refractivity contribution in [3.05, 3.63) is 48.0 Å². The summed E-state index contributed by atoms with van der Waals surface area (Å²) in [6, 6.07) is 7.32. The lowest BCUT2D eigenvalue weighted by atomic mass is 9.99. The van der Waals surface area contributed by atoms with E-state index in [-0.39, 0.29) is 18.2 Å². The Morgan fingerprint density at radius 3 is 2.92 bits per heavy atom. The highest BCUT2D eigenvalue weighted by atomic mass is 19.1. The van der Waals surface area contributed by atoms with Gasteiger partial charge in [-0.25, -0.2) is 14.4 Å². The zero-order chi connectivity index (χ0) is 16.8. The molecule has 3 heterocycles. The molecule has 0 bridgehead atoms. The van der Waals surface area contributed by atoms with Crippen LogP contribution < -0.4 is 10.2 Å². The quantitative estimate of drug-likeness (QED) is 0.853. The maximum Gasteiger partial charge on any atom is 0.165 e. The summed E-state index contributed by atoms with van der Waals surface area (Å²) in [5.41, 5.74) is 0.972. The van der Waals surface area contributed by atoms with Crippen molar-refractivity contribution in [1.29, 1.82) is 0 Å². The second-order valence-electron chi connectivity index (χ2n) is 6.07. The number of aromatic nitrogens is 2. The fraction of sp³-hybridized carbons (Fsp3) is 0.444. The van der Waals surface area contributed by atoms with Crippen molar-refractivity contribution >= 4 is 11.6 Å². The van der Waals surface area contributed by atoms with Gasteiger partial charge >= 0.3 is 0 Å². The zero-order valence-electron chi connectivity index (χ0n) is 13.7. The van der Waals surface area contributed by atoms with E-state index in [1.807, 2.05) is 18.3 Å². The number of hydrogen-bond acceptors (Lipinski definition) is 5. The van der Waals surface area contributed by atoms with E-state index in [0.29, 0.717) is 12.6 Å². The maximum absolute atomic E-state index is 13.5. The van der Waals surface area contributed by atoms with Crippen LogP contribution >= 0.6 is 0 Å². The van der Waals surface area contributed by atoms with Crippen molar-refractivity contribution < 1.29 is 9.50 Å². The molecule has 128 valence electrons. The fourth-order valence-corrected chi connectivity index (χ4v) is 3.14. The molecule has 1 aliphatic heterocycles. The summed E-state index contributed by atoms with van der Waals surface area (Å²) >= 11 is 0. The van der Waals surface area contributed by atoms with Crippen LogP contribution in [0.4, 0.5) is 16.0 Å². The van der Waals surface area contributed by atoms with Crippen LogP contribution in [0.1, 0.15) is 31.2 Å².